The van der Waals surface area contributed by atoms with E-state index in [9.17, 15) is 0 Å². The number of allylic oxidation sites excluding steroid dienone is 3. The molecule has 0 saturated carbocycles. The van der Waals surface area contributed by atoms with Crippen molar-refractivity contribution in [3.8, 4) is 0 Å². The minimum Gasteiger partial charge on any atom is -0.312 e. The highest BCUT2D eigenvalue weighted by atomic mass is 15.2. The molecule has 1 aliphatic carbocycles. The third kappa shape index (κ3) is 3.28. The summed E-state index contributed by atoms with van der Waals surface area (Å²) in [5, 5.41) is 0. The summed E-state index contributed by atoms with van der Waals surface area (Å²) in [7, 11) is 0. The minimum absolute atomic E-state index is 0.127. The monoisotopic (exact) mass is 597 g/mol. The molecule has 4 heterocycles. The molecule has 47 heavy (non-hydrogen) atoms. The van der Waals surface area contributed by atoms with Gasteiger partial charge in [-0.15, -0.1) is 0 Å². The Morgan fingerprint density at radius 3 is 1.68 bits per heavy atom. The summed E-state index contributed by atoms with van der Waals surface area (Å²) in [6.07, 6.45) is 7.13. The van der Waals surface area contributed by atoms with Gasteiger partial charge in [-0.2, -0.15) is 0 Å². The molecule has 5 aliphatic rings. The van der Waals surface area contributed by atoms with Crippen molar-refractivity contribution in [3.63, 3.8) is 0 Å². The van der Waals surface area contributed by atoms with E-state index < -0.39 is 0 Å². The maximum Gasteiger partial charge on any atom is 0.252 e. The Morgan fingerprint density at radius 2 is 0.936 bits per heavy atom. The lowest BCUT2D eigenvalue weighted by molar-refractivity contribution is 0.984. The molecule has 4 aliphatic heterocycles. The van der Waals surface area contributed by atoms with Crippen LogP contribution in [0, 0.1) is 0 Å². The van der Waals surface area contributed by atoms with Gasteiger partial charge in [-0.1, -0.05) is 97.1 Å². The van der Waals surface area contributed by atoms with Crippen molar-refractivity contribution in [1.29, 1.82) is 0 Å². The predicted molar refractivity (Wildman–Crippen MR) is 199 cm³/mol. The second-order valence-corrected chi connectivity index (χ2v) is 13.1. The highest BCUT2D eigenvalue weighted by Gasteiger charge is 2.51. The van der Waals surface area contributed by atoms with E-state index in [1.807, 2.05) is 0 Å². The first-order chi connectivity index (χ1) is 23.4. The zero-order valence-corrected chi connectivity index (χ0v) is 25.8. The van der Waals surface area contributed by atoms with E-state index in [0.29, 0.717) is 0 Å². The average molecular weight is 597 g/mol. The zero-order chi connectivity index (χ0) is 30.6. The molecule has 0 atom stereocenters. The first-order valence-electron chi connectivity index (χ1n) is 16.8. The molecular weight excluding hydrogens is 568 g/mol. The van der Waals surface area contributed by atoms with Crippen LogP contribution in [0.1, 0.15) is 12.8 Å². The van der Waals surface area contributed by atoms with Crippen LogP contribution in [0.25, 0.3) is 0 Å². The standard InChI is InChI=1S/C42H29B2N3/c1-3-14-28(15-4-1)45-35-22-11-8-19-31(35)44-33-26-27-39-41-42(33)47(38-25-13-24-37(45)40(38)44)36-23-12-9-20-32(36)43(41)30-18-7-10-21-34(30)46(39)29-16-5-2-6-17-29/h1-6,8-9,11-27H,7,10H2. The van der Waals surface area contributed by atoms with E-state index in [2.05, 4.69) is 166 Å². The molecule has 3 nitrogen and oxygen atoms in total. The molecule has 0 radical (unpaired) electrons. The number of hydrogen-bond donors (Lipinski definition) is 0. The maximum atomic E-state index is 2.60. The molecule has 0 fully saturated rings. The Balaban J connectivity index is 1.26. The molecule has 218 valence electrons. The van der Waals surface area contributed by atoms with Gasteiger partial charge in [0.1, 0.15) is 0 Å². The first-order valence-corrected chi connectivity index (χ1v) is 16.8. The number of fused-ring (bicyclic) bond motifs is 9. The third-order valence-corrected chi connectivity index (χ3v) is 10.8. The van der Waals surface area contributed by atoms with Gasteiger partial charge in [-0.05, 0) is 100 Å². The molecule has 5 heteroatoms. The topological polar surface area (TPSA) is 9.72 Å². The van der Waals surface area contributed by atoms with E-state index in [1.54, 1.807) is 0 Å². The van der Waals surface area contributed by atoms with Gasteiger partial charge in [-0.3, -0.25) is 0 Å². The van der Waals surface area contributed by atoms with Gasteiger partial charge in [0.25, 0.3) is 13.4 Å². The highest BCUT2D eigenvalue weighted by Crippen LogP contribution is 2.49. The van der Waals surface area contributed by atoms with Gasteiger partial charge in [0.05, 0.1) is 0 Å². The number of para-hydroxylation sites is 4. The number of anilines is 8. The molecule has 0 unspecified atom stereocenters. The van der Waals surface area contributed by atoms with Crippen molar-refractivity contribution >= 4 is 86.2 Å². The Labute approximate surface area is 275 Å². The van der Waals surface area contributed by atoms with Crippen molar-refractivity contribution in [2.45, 2.75) is 12.8 Å². The molecule has 0 bridgehead atoms. The minimum atomic E-state index is 0.127. The van der Waals surface area contributed by atoms with Gasteiger partial charge >= 0.3 is 0 Å². The maximum absolute atomic E-state index is 2.60. The van der Waals surface area contributed by atoms with Crippen LogP contribution in [0.15, 0.2) is 163 Å². The summed E-state index contributed by atoms with van der Waals surface area (Å²) >= 11 is 0. The SMILES string of the molecule is C1=C2B3c4ccccc4N4c5cccc6c5B(c5ccccc5N6c5ccccc5)c5ccc(c3c54)N(c3ccccc3)C2=CCC1. The van der Waals surface area contributed by atoms with Gasteiger partial charge < -0.3 is 14.7 Å². The first kappa shape index (κ1) is 25.5. The zero-order valence-electron chi connectivity index (χ0n) is 25.8. The van der Waals surface area contributed by atoms with Crippen LogP contribution in [0.4, 0.5) is 45.5 Å². The van der Waals surface area contributed by atoms with Crippen molar-refractivity contribution in [3.05, 3.63) is 163 Å². The quantitative estimate of drug-likeness (QED) is 0.199. The summed E-state index contributed by atoms with van der Waals surface area (Å²) in [6, 6.07) is 51.8. The molecule has 0 spiro atoms. The molecule has 0 amide bonds. The van der Waals surface area contributed by atoms with E-state index in [0.717, 1.165) is 12.8 Å². The van der Waals surface area contributed by atoms with Crippen LogP contribution in [-0.4, -0.2) is 13.4 Å². The lowest BCUT2D eigenvalue weighted by Gasteiger charge is -2.50. The molecular formula is C42H29B2N3. The van der Waals surface area contributed by atoms with Crippen molar-refractivity contribution in [2.24, 2.45) is 0 Å². The fourth-order valence-corrected chi connectivity index (χ4v) is 9.14. The fraction of sp³-hybridized carbons (Fsp3) is 0.0476. The summed E-state index contributed by atoms with van der Waals surface area (Å²) in [5.74, 6) is 0. The molecule has 0 N–H and O–H groups in total. The van der Waals surface area contributed by atoms with Crippen LogP contribution in [0.3, 0.4) is 0 Å². The Morgan fingerprint density at radius 1 is 0.383 bits per heavy atom. The van der Waals surface area contributed by atoms with Crippen molar-refractivity contribution in [2.75, 3.05) is 14.7 Å². The Bertz CT molecular complexity index is 2350. The van der Waals surface area contributed by atoms with E-state index in [4.69, 9.17) is 0 Å². The van der Waals surface area contributed by atoms with Crippen LogP contribution >= 0.6 is 0 Å². The molecule has 6 aromatic carbocycles. The number of rotatable bonds is 2. The summed E-state index contributed by atoms with van der Waals surface area (Å²) in [4.78, 5) is 7.60. The molecule has 0 saturated heterocycles. The summed E-state index contributed by atoms with van der Waals surface area (Å²) in [5.41, 5.74) is 19.8. The number of nitrogens with zero attached hydrogens (tertiary/aromatic N) is 3. The van der Waals surface area contributed by atoms with Crippen LogP contribution < -0.4 is 42.0 Å². The van der Waals surface area contributed by atoms with E-state index >= 15 is 0 Å². The van der Waals surface area contributed by atoms with E-state index in [-0.39, 0.29) is 13.4 Å². The van der Waals surface area contributed by atoms with Crippen LogP contribution in [0.5, 0.6) is 0 Å². The second-order valence-electron chi connectivity index (χ2n) is 13.1. The largest absolute Gasteiger partial charge is 0.312 e. The predicted octanol–water partition coefficient (Wildman–Crippen LogP) is 6.99. The fourth-order valence-electron chi connectivity index (χ4n) is 9.14. The summed E-state index contributed by atoms with van der Waals surface area (Å²) in [6.45, 7) is 0.311. The smallest absolute Gasteiger partial charge is 0.252 e. The second kappa shape index (κ2) is 9.43. The van der Waals surface area contributed by atoms with Crippen molar-refractivity contribution in [1.82, 2.24) is 0 Å². The van der Waals surface area contributed by atoms with E-state index in [1.165, 1.54) is 84.0 Å². The Hall–Kier alpha value is -5.67. The van der Waals surface area contributed by atoms with Gasteiger partial charge in [0.2, 0.25) is 0 Å². The summed E-state index contributed by atoms with van der Waals surface area (Å²) < 4.78 is 0. The Kier molecular flexibility index (Phi) is 5.12. The van der Waals surface area contributed by atoms with Gasteiger partial charge in [-0.25, -0.2) is 0 Å². The normalized spacial score (nSPS) is 16.0. The molecule has 6 aromatic rings. The van der Waals surface area contributed by atoms with Gasteiger partial charge in [0.15, 0.2) is 0 Å². The number of hydrogen-bond acceptors (Lipinski definition) is 3. The van der Waals surface area contributed by atoms with Crippen LogP contribution in [0.2, 0.25) is 0 Å². The lowest BCUT2D eigenvalue weighted by Crippen LogP contribution is -2.66. The lowest BCUT2D eigenvalue weighted by atomic mass is 9.28. The highest BCUT2D eigenvalue weighted by molar-refractivity contribution is 7.03. The third-order valence-electron chi connectivity index (χ3n) is 10.8. The van der Waals surface area contributed by atoms with Crippen molar-refractivity contribution < 1.29 is 0 Å². The van der Waals surface area contributed by atoms with Gasteiger partial charge in [0, 0.05) is 51.2 Å². The van der Waals surface area contributed by atoms with Crippen LogP contribution in [-0.2, 0) is 0 Å². The number of benzene rings is 6. The average Bonchev–Trinajstić information content (AvgIpc) is 3.14. The molecule has 0 aromatic heterocycles. The molecule has 11 rings (SSSR count).